The summed E-state index contributed by atoms with van der Waals surface area (Å²) in [5.41, 5.74) is 5.64. The number of nitrogens with two attached hydrogens (primary N) is 1. The minimum Gasteiger partial charge on any atom is -0.385 e. The molecule has 0 amide bonds. The van der Waals surface area contributed by atoms with Crippen molar-refractivity contribution in [2.45, 2.75) is 19.3 Å². The van der Waals surface area contributed by atoms with Crippen LogP contribution in [0.5, 0.6) is 0 Å². The zero-order chi connectivity index (χ0) is 11.8. The summed E-state index contributed by atoms with van der Waals surface area (Å²) in [7, 11) is 1.72. The molecule has 6 heteroatoms. The van der Waals surface area contributed by atoms with Crippen LogP contribution >= 0.6 is 15.9 Å². The average molecular weight is 289 g/mol. The zero-order valence-corrected chi connectivity index (χ0v) is 11.0. The number of rotatable bonds is 7. The fourth-order valence-corrected chi connectivity index (χ4v) is 1.61. The van der Waals surface area contributed by atoms with Gasteiger partial charge < -0.3 is 15.8 Å². The number of hydrogen-bond acceptors (Lipinski definition) is 5. The summed E-state index contributed by atoms with van der Waals surface area (Å²) in [4.78, 5) is 7.97. The predicted octanol–water partition coefficient (Wildman–Crippen LogP) is 2.05. The lowest BCUT2D eigenvalue weighted by Crippen LogP contribution is -2.06. The van der Waals surface area contributed by atoms with Crippen molar-refractivity contribution in [2.75, 3.05) is 31.3 Å². The fraction of sp³-hybridized carbons (Fsp3) is 0.600. The van der Waals surface area contributed by atoms with Crippen molar-refractivity contribution in [1.29, 1.82) is 0 Å². The number of nitrogens with zero attached hydrogens (tertiary/aromatic N) is 2. The van der Waals surface area contributed by atoms with Gasteiger partial charge in [-0.2, -0.15) is 0 Å². The van der Waals surface area contributed by atoms with E-state index in [4.69, 9.17) is 10.5 Å². The molecule has 3 N–H and O–H groups in total. The van der Waals surface area contributed by atoms with Crippen LogP contribution < -0.4 is 11.1 Å². The van der Waals surface area contributed by atoms with E-state index in [1.54, 1.807) is 7.11 Å². The second-order valence-corrected chi connectivity index (χ2v) is 4.19. The molecule has 0 aliphatic rings. The van der Waals surface area contributed by atoms with Gasteiger partial charge in [-0.15, -0.1) is 0 Å². The van der Waals surface area contributed by atoms with Crippen molar-refractivity contribution < 1.29 is 4.74 Å². The first-order chi connectivity index (χ1) is 7.75. The van der Waals surface area contributed by atoms with E-state index in [2.05, 4.69) is 31.2 Å². The molecule has 1 rings (SSSR count). The third kappa shape index (κ3) is 4.32. The van der Waals surface area contributed by atoms with Crippen LogP contribution in [0.15, 0.2) is 10.8 Å². The van der Waals surface area contributed by atoms with Gasteiger partial charge in [-0.3, -0.25) is 0 Å². The lowest BCUT2D eigenvalue weighted by atomic mass is 10.2. The van der Waals surface area contributed by atoms with E-state index in [-0.39, 0.29) is 0 Å². The number of nitrogens with one attached hydrogen (secondary N) is 1. The number of ether oxygens (including phenoxy) is 1. The molecule has 5 nitrogen and oxygen atoms in total. The smallest absolute Gasteiger partial charge is 0.145 e. The molecular formula is C10H17BrN4O. The number of aromatic nitrogens is 2. The molecule has 0 saturated carbocycles. The average Bonchev–Trinajstić information content (AvgIpc) is 2.29. The number of methoxy groups -OCH3 is 1. The Kier molecular flexibility index (Phi) is 6.10. The SMILES string of the molecule is COCCCCCNc1ncnc(N)c1Br. The van der Waals surface area contributed by atoms with E-state index in [0.29, 0.717) is 5.82 Å². The van der Waals surface area contributed by atoms with Crippen LogP contribution in [0, 0.1) is 0 Å². The largest absolute Gasteiger partial charge is 0.385 e. The summed E-state index contributed by atoms with van der Waals surface area (Å²) in [6, 6.07) is 0. The fourth-order valence-electron chi connectivity index (χ4n) is 1.26. The topological polar surface area (TPSA) is 73.1 Å². The van der Waals surface area contributed by atoms with Crippen LogP contribution in [-0.2, 0) is 4.74 Å². The molecule has 0 radical (unpaired) electrons. The Morgan fingerprint density at radius 2 is 2.19 bits per heavy atom. The summed E-state index contributed by atoms with van der Waals surface area (Å²) in [5, 5.41) is 3.21. The highest BCUT2D eigenvalue weighted by molar-refractivity contribution is 9.10. The maximum absolute atomic E-state index is 5.64. The van der Waals surface area contributed by atoms with Crippen LogP contribution in [0.4, 0.5) is 11.6 Å². The van der Waals surface area contributed by atoms with Gasteiger partial charge in [-0.1, -0.05) is 0 Å². The Labute approximate surface area is 104 Å². The first-order valence-electron chi connectivity index (χ1n) is 5.24. The first-order valence-corrected chi connectivity index (χ1v) is 6.03. The molecule has 0 aliphatic heterocycles. The molecule has 1 heterocycles. The van der Waals surface area contributed by atoms with Gasteiger partial charge in [0.1, 0.15) is 22.4 Å². The quantitative estimate of drug-likeness (QED) is 0.752. The Morgan fingerprint density at radius 1 is 1.38 bits per heavy atom. The molecule has 16 heavy (non-hydrogen) atoms. The maximum atomic E-state index is 5.64. The Bertz CT molecular complexity index is 322. The number of unbranched alkanes of at least 4 members (excludes halogenated alkanes) is 2. The summed E-state index contributed by atoms with van der Waals surface area (Å²) in [6.45, 7) is 1.70. The van der Waals surface area contributed by atoms with Crippen LogP contribution in [0.2, 0.25) is 0 Å². The normalized spacial score (nSPS) is 10.4. The van der Waals surface area contributed by atoms with Crippen molar-refractivity contribution in [1.82, 2.24) is 9.97 Å². The molecule has 1 aromatic heterocycles. The van der Waals surface area contributed by atoms with Crippen molar-refractivity contribution in [3.05, 3.63) is 10.8 Å². The Hall–Kier alpha value is -0.880. The summed E-state index contributed by atoms with van der Waals surface area (Å²) < 4.78 is 5.71. The molecule has 0 unspecified atom stereocenters. The van der Waals surface area contributed by atoms with Crippen molar-refractivity contribution in [3.8, 4) is 0 Å². The number of hydrogen-bond donors (Lipinski definition) is 2. The monoisotopic (exact) mass is 288 g/mol. The standard InChI is InChI=1S/C10H17BrN4O/c1-16-6-4-2-3-5-13-10-8(11)9(12)14-7-15-10/h7H,2-6H2,1H3,(H3,12,13,14,15). The summed E-state index contributed by atoms with van der Waals surface area (Å²) >= 11 is 3.34. The molecule has 1 aromatic rings. The lowest BCUT2D eigenvalue weighted by Gasteiger charge is -2.07. The second-order valence-electron chi connectivity index (χ2n) is 3.40. The summed E-state index contributed by atoms with van der Waals surface area (Å²) in [6.07, 6.45) is 4.76. The van der Waals surface area contributed by atoms with Crippen molar-refractivity contribution in [2.24, 2.45) is 0 Å². The molecule has 0 bridgehead atoms. The van der Waals surface area contributed by atoms with E-state index < -0.39 is 0 Å². The molecule has 90 valence electrons. The van der Waals surface area contributed by atoms with E-state index in [0.717, 1.165) is 42.7 Å². The third-order valence-corrected chi connectivity index (χ3v) is 2.92. The van der Waals surface area contributed by atoms with E-state index in [1.165, 1.54) is 6.33 Å². The van der Waals surface area contributed by atoms with E-state index in [1.807, 2.05) is 0 Å². The minimum atomic E-state index is 0.455. The highest BCUT2D eigenvalue weighted by Gasteiger charge is 2.04. The number of nitrogen functional groups attached to an aromatic ring is 1. The Balaban J connectivity index is 2.24. The molecule has 0 saturated heterocycles. The van der Waals surface area contributed by atoms with Gasteiger partial charge in [0.05, 0.1) is 0 Å². The minimum absolute atomic E-state index is 0.455. The van der Waals surface area contributed by atoms with Gasteiger partial charge in [0.15, 0.2) is 0 Å². The predicted molar refractivity (Wildman–Crippen MR) is 68.4 cm³/mol. The molecule has 0 fully saturated rings. The van der Waals surface area contributed by atoms with Crippen molar-refractivity contribution in [3.63, 3.8) is 0 Å². The van der Waals surface area contributed by atoms with Gasteiger partial charge in [-0.05, 0) is 35.2 Å². The second kappa shape index (κ2) is 7.40. The number of halogens is 1. The van der Waals surface area contributed by atoms with Crippen molar-refractivity contribution >= 4 is 27.6 Å². The maximum Gasteiger partial charge on any atom is 0.145 e. The van der Waals surface area contributed by atoms with Crippen LogP contribution in [0.25, 0.3) is 0 Å². The van der Waals surface area contributed by atoms with Crippen LogP contribution in [0.3, 0.4) is 0 Å². The number of anilines is 2. The van der Waals surface area contributed by atoms with Crippen LogP contribution in [0.1, 0.15) is 19.3 Å². The molecule has 0 atom stereocenters. The van der Waals surface area contributed by atoms with Gasteiger partial charge in [0.25, 0.3) is 0 Å². The van der Waals surface area contributed by atoms with Gasteiger partial charge >= 0.3 is 0 Å². The molecule has 0 spiro atoms. The highest BCUT2D eigenvalue weighted by atomic mass is 79.9. The molecule has 0 aliphatic carbocycles. The Morgan fingerprint density at radius 3 is 2.94 bits per heavy atom. The highest BCUT2D eigenvalue weighted by Crippen LogP contribution is 2.23. The molecule has 0 aromatic carbocycles. The lowest BCUT2D eigenvalue weighted by molar-refractivity contribution is 0.192. The third-order valence-electron chi connectivity index (χ3n) is 2.13. The zero-order valence-electron chi connectivity index (χ0n) is 9.37. The van der Waals surface area contributed by atoms with Gasteiger partial charge in [-0.25, -0.2) is 9.97 Å². The van der Waals surface area contributed by atoms with E-state index in [9.17, 15) is 0 Å². The van der Waals surface area contributed by atoms with Crippen LogP contribution in [-0.4, -0.2) is 30.2 Å². The van der Waals surface area contributed by atoms with Gasteiger partial charge in [0.2, 0.25) is 0 Å². The summed E-state index contributed by atoms with van der Waals surface area (Å²) in [5.74, 6) is 1.20. The molecular weight excluding hydrogens is 272 g/mol. The first kappa shape index (κ1) is 13.2. The van der Waals surface area contributed by atoms with Gasteiger partial charge in [0, 0.05) is 20.3 Å². The van der Waals surface area contributed by atoms with E-state index >= 15 is 0 Å².